The summed E-state index contributed by atoms with van der Waals surface area (Å²) >= 11 is 0. The van der Waals surface area contributed by atoms with Crippen LogP contribution in [0.4, 0.5) is 0 Å². The van der Waals surface area contributed by atoms with Gasteiger partial charge in [0.15, 0.2) is 0 Å². The molecule has 0 aliphatic carbocycles. The van der Waals surface area contributed by atoms with Crippen LogP contribution in [-0.4, -0.2) is 29.1 Å². The van der Waals surface area contributed by atoms with E-state index in [2.05, 4.69) is 18.6 Å². The lowest BCUT2D eigenvalue weighted by atomic mass is 9.79. The van der Waals surface area contributed by atoms with Crippen molar-refractivity contribution in [2.75, 3.05) is 6.61 Å². The van der Waals surface area contributed by atoms with Gasteiger partial charge in [-0.1, -0.05) is 13.5 Å². The SMILES string of the molecule is C=C1OB(c2cn(C3CCCCO3)nc2CC)OC1(C)C. The Bertz CT molecular complexity index is 535. The third-order valence-electron chi connectivity index (χ3n) is 4.20. The molecule has 2 aliphatic rings. The molecule has 0 N–H and O–H groups in total. The third kappa shape index (κ3) is 2.74. The third-order valence-corrected chi connectivity index (χ3v) is 4.20. The molecule has 2 saturated heterocycles. The maximum atomic E-state index is 5.97. The van der Waals surface area contributed by atoms with Crippen LogP contribution in [0.2, 0.25) is 0 Å². The van der Waals surface area contributed by atoms with E-state index in [1.54, 1.807) is 0 Å². The molecule has 3 heterocycles. The topological polar surface area (TPSA) is 45.5 Å². The van der Waals surface area contributed by atoms with Gasteiger partial charge in [-0.3, -0.25) is 0 Å². The first-order valence-electron chi connectivity index (χ1n) is 7.74. The molecular weight excluding hydrogens is 267 g/mol. The highest BCUT2D eigenvalue weighted by Gasteiger charge is 2.44. The van der Waals surface area contributed by atoms with Gasteiger partial charge in [-0.25, -0.2) is 4.68 Å². The van der Waals surface area contributed by atoms with Crippen LogP contribution in [0.25, 0.3) is 0 Å². The van der Waals surface area contributed by atoms with Crippen LogP contribution < -0.4 is 5.46 Å². The first-order valence-corrected chi connectivity index (χ1v) is 7.74. The summed E-state index contributed by atoms with van der Waals surface area (Å²) in [6, 6.07) is 0. The quantitative estimate of drug-likeness (QED) is 0.800. The van der Waals surface area contributed by atoms with Crippen LogP contribution >= 0.6 is 0 Å². The van der Waals surface area contributed by atoms with Crippen molar-refractivity contribution in [1.29, 1.82) is 0 Å². The molecule has 0 aromatic carbocycles. The number of nitrogens with zero attached hydrogens (tertiary/aromatic N) is 2. The van der Waals surface area contributed by atoms with Crippen molar-refractivity contribution in [2.45, 2.75) is 58.3 Å². The lowest BCUT2D eigenvalue weighted by molar-refractivity contribution is -0.0396. The summed E-state index contributed by atoms with van der Waals surface area (Å²) in [7, 11) is -0.417. The number of ether oxygens (including phenoxy) is 1. The van der Waals surface area contributed by atoms with Crippen LogP contribution in [0.15, 0.2) is 18.5 Å². The van der Waals surface area contributed by atoms with Crippen molar-refractivity contribution in [3.8, 4) is 0 Å². The van der Waals surface area contributed by atoms with Crippen molar-refractivity contribution in [3.63, 3.8) is 0 Å². The van der Waals surface area contributed by atoms with Crippen molar-refractivity contribution in [1.82, 2.24) is 9.78 Å². The standard InChI is InChI=1S/C15H23BN2O3/c1-5-13-12(16-20-11(2)15(3,4)21-16)10-18(17-13)14-8-6-7-9-19-14/h10,14H,2,5-9H2,1,3-4H3. The molecule has 2 fully saturated rings. The molecule has 5 nitrogen and oxygen atoms in total. The average Bonchev–Trinajstić information content (AvgIpc) is 3.01. The van der Waals surface area contributed by atoms with Crippen molar-refractivity contribution in [3.05, 3.63) is 24.2 Å². The highest BCUT2D eigenvalue weighted by atomic mass is 16.7. The first kappa shape index (κ1) is 14.7. The lowest BCUT2D eigenvalue weighted by Gasteiger charge is -2.22. The molecule has 1 atom stereocenters. The highest BCUT2D eigenvalue weighted by Crippen LogP contribution is 2.30. The first-order chi connectivity index (χ1) is 10.0. The second kappa shape index (κ2) is 5.50. The van der Waals surface area contributed by atoms with Crippen LogP contribution in [0.1, 0.15) is 52.0 Å². The summed E-state index contributed by atoms with van der Waals surface area (Å²) in [4.78, 5) is 0. The molecule has 114 valence electrons. The van der Waals surface area contributed by atoms with E-state index in [1.807, 2.05) is 24.7 Å². The summed E-state index contributed by atoms with van der Waals surface area (Å²) in [5.74, 6) is 0.663. The van der Waals surface area contributed by atoms with Crippen LogP contribution in [0.3, 0.4) is 0 Å². The molecule has 3 rings (SSSR count). The lowest BCUT2D eigenvalue weighted by Crippen LogP contribution is -2.36. The Morgan fingerprint density at radius 2 is 2.29 bits per heavy atom. The van der Waals surface area contributed by atoms with E-state index in [0.717, 1.165) is 37.0 Å². The fourth-order valence-corrected chi connectivity index (χ4v) is 2.75. The maximum absolute atomic E-state index is 5.97. The Morgan fingerprint density at radius 3 is 2.86 bits per heavy atom. The molecule has 21 heavy (non-hydrogen) atoms. The van der Waals surface area contributed by atoms with Gasteiger partial charge in [-0.05, 0) is 39.5 Å². The molecular formula is C15H23BN2O3. The molecule has 0 saturated carbocycles. The predicted octanol–water partition coefficient (Wildman–Crippen LogP) is 2.18. The Morgan fingerprint density at radius 1 is 1.48 bits per heavy atom. The van der Waals surface area contributed by atoms with E-state index < -0.39 is 12.7 Å². The fraction of sp³-hybridized carbons (Fsp3) is 0.667. The van der Waals surface area contributed by atoms with E-state index >= 15 is 0 Å². The van der Waals surface area contributed by atoms with E-state index in [4.69, 9.17) is 14.0 Å². The van der Waals surface area contributed by atoms with E-state index in [1.165, 1.54) is 6.42 Å². The summed E-state index contributed by atoms with van der Waals surface area (Å²) in [5, 5.41) is 4.67. The molecule has 1 unspecified atom stereocenters. The summed E-state index contributed by atoms with van der Waals surface area (Å²) < 4.78 is 19.5. The summed E-state index contributed by atoms with van der Waals surface area (Å²) in [5.41, 5.74) is 1.53. The van der Waals surface area contributed by atoms with Crippen LogP contribution in [-0.2, 0) is 20.5 Å². The molecule has 1 aromatic heterocycles. The Kier molecular flexibility index (Phi) is 3.84. The number of hydrogen-bond acceptors (Lipinski definition) is 4. The van der Waals surface area contributed by atoms with Gasteiger partial charge in [0, 0.05) is 18.3 Å². The minimum absolute atomic E-state index is 0.0374. The minimum Gasteiger partial charge on any atom is -0.534 e. The van der Waals surface area contributed by atoms with Gasteiger partial charge in [0.25, 0.3) is 0 Å². The van der Waals surface area contributed by atoms with Crippen molar-refractivity contribution >= 4 is 12.6 Å². The zero-order valence-electron chi connectivity index (χ0n) is 13.1. The molecule has 2 aliphatic heterocycles. The van der Waals surface area contributed by atoms with E-state index in [-0.39, 0.29) is 6.23 Å². The summed E-state index contributed by atoms with van der Waals surface area (Å²) in [6.45, 7) is 10.8. The van der Waals surface area contributed by atoms with Crippen molar-refractivity contribution in [2.24, 2.45) is 0 Å². The van der Waals surface area contributed by atoms with Gasteiger partial charge >= 0.3 is 7.12 Å². The smallest absolute Gasteiger partial charge is 0.534 e. The number of aryl methyl sites for hydroxylation is 1. The Labute approximate surface area is 126 Å². The molecule has 0 spiro atoms. The largest absolute Gasteiger partial charge is 0.566 e. The molecule has 0 bridgehead atoms. The monoisotopic (exact) mass is 290 g/mol. The second-order valence-corrected chi connectivity index (χ2v) is 6.19. The summed E-state index contributed by atoms with van der Waals surface area (Å²) in [6.07, 6.45) is 6.21. The Balaban J connectivity index is 1.85. The zero-order valence-corrected chi connectivity index (χ0v) is 13.1. The van der Waals surface area contributed by atoms with E-state index in [0.29, 0.717) is 5.76 Å². The molecule has 0 radical (unpaired) electrons. The Hall–Kier alpha value is -1.27. The number of aromatic nitrogens is 2. The molecule has 1 aromatic rings. The highest BCUT2D eigenvalue weighted by molar-refractivity contribution is 6.62. The van der Waals surface area contributed by atoms with Gasteiger partial charge in [0.2, 0.25) is 0 Å². The molecule has 0 amide bonds. The van der Waals surface area contributed by atoms with E-state index in [9.17, 15) is 0 Å². The van der Waals surface area contributed by atoms with Gasteiger partial charge in [0.1, 0.15) is 11.8 Å². The van der Waals surface area contributed by atoms with Gasteiger partial charge in [-0.15, -0.1) is 0 Å². The fourth-order valence-electron chi connectivity index (χ4n) is 2.75. The van der Waals surface area contributed by atoms with Crippen LogP contribution in [0, 0.1) is 0 Å². The van der Waals surface area contributed by atoms with Gasteiger partial charge in [0.05, 0.1) is 11.5 Å². The van der Waals surface area contributed by atoms with Crippen LogP contribution in [0.5, 0.6) is 0 Å². The minimum atomic E-state index is -0.459. The maximum Gasteiger partial charge on any atom is 0.566 e. The zero-order chi connectivity index (χ0) is 15.0. The van der Waals surface area contributed by atoms with Crippen molar-refractivity contribution < 1.29 is 14.0 Å². The average molecular weight is 290 g/mol. The number of hydrogen-bond donors (Lipinski definition) is 0. The van der Waals surface area contributed by atoms with Gasteiger partial charge < -0.3 is 14.0 Å². The molecule has 6 heteroatoms. The number of rotatable bonds is 3. The second-order valence-electron chi connectivity index (χ2n) is 6.19. The normalized spacial score (nSPS) is 25.2. The predicted molar refractivity (Wildman–Crippen MR) is 81.2 cm³/mol. The van der Waals surface area contributed by atoms with Gasteiger partial charge in [-0.2, -0.15) is 5.10 Å².